The molecule has 0 aromatic heterocycles. The molecule has 1 rings (SSSR count). The number of benzene rings is 1. The van der Waals surface area contributed by atoms with Crippen LogP contribution in [-0.2, 0) is 9.63 Å². The van der Waals surface area contributed by atoms with E-state index in [0.717, 1.165) is 11.3 Å². The summed E-state index contributed by atoms with van der Waals surface area (Å²) in [5.74, 6) is 1.20. The molecule has 0 fully saturated rings. The molecule has 0 spiro atoms. The summed E-state index contributed by atoms with van der Waals surface area (Å²) in [6.07, 6.45) is 0. The van der Waals surface area contributed by atoms with E-state index >= 15 is 0 Å². The predicted molar refractivity (Wildman–Crippen MR) is 75.0 cm³/mol. The maximum atomic E-state index is 11.5. The van der Waals surface area contributed by atoms with Crippen molar-refractivity contribution in [2.45, 2.75) is 33.6 Å². The van der Waals surface area contributed by atoms with Gasteiger partial charge in [0.15, 0.2) is 6.61 Å². The number of nitrogens with one attached hydrogen (secondary N) is 1. The lowest BCUT2D eigenvalue weighted by atomic mass is 10.0. The highest BCUT2D eigenvalue weighted by Crippen LogP contribution is 2.25. The number of hydroxylamine groups is 1. The first-order valence-corrected chi connectivity index (χ1v) is 6.63. The van der Waals surface area contributed by atoms with Gasteiger partial charge in [0.25, 0.3) is 5.91 Å². The molecule has 0 unspecified atom stereocenters. The van der Waals surface area contributed by atoms with Gasteiger partial charge in [-0.15, -0.1) is 0 Å². The maximum Gasteiger partial charge on any atom is 0.281 e. The highest BCUT2D eigenvalue weighted by Gasteiger charge is 2.09. The Bertz CT molecular complexity index is 402. The molecule has 0 aliphatic heterocycles. The highest BCUT2D eigenvalue weighted by molar-refractivity contribution is 5.76. The Kier molecular flexibility index (Phi) is 6.36. The monoisotopic (exact) mass is 265 g/mol. The fraction of sp³-hybridized carbons (Fsp3) is 0.533. The van der Waals surface area contributed by atoms with Crippen LogP contribution in [0.5, 0.6) is 5.75 Å². The molecule has 1 N–H and O–H groups in total. The summed E-state index contributed by atoms with van der Waals surface area (Å²) >= 11 is 0. The number of carbonyl (C=O) groups is 1. The van der Waals surface area contributed by atoms with Gasteiger partial charge in [0, 0.05) is 0 Å². The van der Waals surface area contributed by atoms with E-state index in [0.29, 0.717) is 18.4 Å². The molecule has 106 valence electrons. The van der Waals surface area contributed by atoms with Gasteiger partial charge in [0.05, 0.1) is 6.61 Å². The third kappa shape index (κ3) is 5.75. The SMILES string of the molecule is CC(C)CONC(=O)COc1ccccc1C(C)C. The summed E-state index contributed by atoms with van der Waals surface area (Å²) < 4.78 is 5.53. The topological polar surface area (TPSA) is 47.6 Å². The van der Waals surface area contributed by atoms with Gasteiger partial charge in [0.2, 0.25) is 0 Å². The molecule has 4 nitrogen and oxygen atoms in total. The van der Waals surface area contributed by atoms with Crippen LogP contribution in [-0.4, -0.2) is 19.1 Å². The van der Waals surface area contributed by atoms with E-state index in [9.17, 15) is 4.79 Å². The Morgan fingerprint density at radius 2 is 1.89 bits per heavy atom. The van der Waals surface area contributed by atoms with Gasteiger partial charge in [-0.25, -0.2) is 5.48 Å². The summed E-state index contributed by atoms with van der Waals surface area (Å²) in [7, 11) is 0. The van der Waals surface area contributed by atoms with Crippen LogP contribution in [0.25, 0.3) is 0 Å². The lowest BCUT2D eigenvalue weighted by molar-refractivity contribution is -0.136. The summed E-state index contributed by atoms with van der Waals surface area (Å²) in [4.78, 5) is 16.6. The molecule has 0 saturated heterocycles. The van der Waals surface area contributed by atoms with Crippen LogP contribution in [0.15, 0.2) is 24.3 Å². The van der Waals surface area contributed by atoms with Crippen LogP contribution in [0, 0.1) is 5.92 Å². The fourth-order valence-electron chi connectivity index (χ4n) is 1.55. The fourth-order valence-corrected chi connectivity index (χ4v) is 1.55. The Morgan fingerprint density at radius 3 is 2.53 bits per heavy atom. The van der Waals surface area contributed by atoms with Crippen molar-refractivity contribution in [3.63, 3.8) is 0 Å². The van der Waals surface area contributed by atoms with Gasteiger partial charge in [-0.2, -0.15) is 0 Å². The number of amides is 1. The van der Waals surface area contributed by atoms with Gasteiger partial charge >= 0.3 is 0 Å². The van der Waals surface area contributed by atoms with E-state index in [2.05, 4.69) is 19.3 Å². The standard InChI is InChI=1S/C15H23NO3/c1-11(2)9-19-16-15(17)10-18-14-8-6-5-7-13(14)12(3)4/h5-8,11-12H,9-10H2,1-4H3,(H,16,17). The summed E-state index contributed by atoms with van der Waals surface area (Å²) in [6.45, 7) is 8.67. The van der Waals surface area contributed by atoms with Crippen molar-refractivity contribution < 1.29 is 14.4 Å². The van der Waals surface area contributed by atoms with E-state index in [4.69, 9.17) is 9.57 Å². The van der Waals surface area contributed by atoms with Crippen LogP contribution >= 0.6 is 0 Å². The molecular formula is C15H23NO3. The average Bonchev–Trinajstić information content (AvgIpc) is 2.36. The first-order valence-electron chi connectivity index (χ1n) is 6.63. The molecule has 1 aromatic rings. The Labute approximate surface area is 115 Å². The van der Waals surface area contributed by atoms with E-state index in [-0.39, 0.29) is 12.5 Å². The molecule has 0 radical (unpaired) electrons. The van der Waals surface area contributed by atoms with Crippen molar-refractivity contribution in [2.24, 2.45) is 5.92 Å². The Balaban J connectivity index is 2.42. The molecule has 0 heterocycles. The maximum absolute atomic E-state index is 11.5. The lowest BCUT2D eigenvalue weighted by Crippen LogP contribution is -2.30. The molecule has 19 heavy (non-hydrogen) atoms. The molecule has 1 aromatic carbocycles. The molecule has 0 atom stereocenters. The third-order valence-electron chi connectivity index (χ3n) is 2.50. The zero-order chi connectivity index (χ0) is 14.3. The van der Waals surface area contributed by atoms with Crippen molar-refractivity contribution in [1.82, 2.24) is 5.48 Å². The molecule has 0 saturated carbocycles. The second-order valence-corrected chi connectivity index (χ2v) is 5.21. The zero-order valence-electron chi connectivity index (χ0n) is 12.1. The number of hydrogen-bond donors (Lipinski definition) is 1. The Morgan fingerprint density at radius 1 is 1.21 bits per heavy atom. The van der Waals surface area contributed by atoms with Crippen LogP contribution in [0.4, 0.5) is 0 Å². The number of para-hydroxylation sites is 1. The number of rotatable bonds is 7. The summed E-state index contributed by atoms with van der Waals surface area (Å²) in [5.41, 5.74) is 3.46. The van der Waals surface area contributed by atoms with Crippen LogP contribution < -0.4 is 10.2 Å². The molecular weight excluding hydrogens is 242 g/mol. The molecule has 0 aliphatic rings. The van der Waals surface area contributed by atoms with Crippen molar-refractivity contribution in [3.8, 4) is 5.75 Å². The minimum atomic E-state index is -0.279. The van der Waals surface area contributed by atoms with Crippen LogP contribution in [0.1, 0.15) is 39.2 Å². The van der Waals surface area contributed by atoms with Gasteiger partial charge in [-0.1, -0.05) is 45.9 Å². The Hall–Kier alpha value is -1.55. The first-order chi connectivity index (χ1) is 9.00. The molecule has 1 amide bonds. The van der Waals surface area contributed by atoms with E-state index in [1.54, 1.807) is 0 Å². The molecule has 0 bridgehead atoms. The minimum Gasteiger partial charge on any atom is -0.483 e. The predicted octanol–water partition coefficient (Wildman–Crippen LogP) is 2.89. The number of hydrogen-bond acceptors (Lipinski definition) is 3. The van der Waals surface area contributed by atoms with Crippen LogP contribution in [0.3, 0.4) is 0 Å². The third-order valence-corrected chi connectivity index (χ3v) is 2.50. The normalized spacial score (nSPS) is 10.8. The summed E-state index contributed by atoms with van der Waals surface area (Å²) in [6, 6.07) is 7.74. The van der Waals surface area contributed by atoms with Gasteiger partial charge in [-0.3, -0.25) is 9.63 Å². The molecule has 0 aliphatic carbocycles. The van der Waals surface area contributed by atoms with Crippen molar-refractivity contribution in [3.05, 3.63) is 29.8 Å². The summed E-state index contributed by atoms with van der Waals surface area (Å²) in [5, 5.41) is 0. The van der Waals surface area contributed by atoms with Gasteiger partial charge in [-0.05, 0) is 23.5 Å². The highest BCUT2D eigenvalue weighted by atomic mass is 16.7. The largest absolute Gasteiger partial charge is 0.483 e. The van der Waals surface area contributed by atoms with E-state index in [1.165, 1.54) is 0 Å². The van der Waals surface area contributed by atoms with Crippen molar-refractivity contribution in [1.29, 1.82) is 0 Å². The van der Waals surface area contributed by atoms with Gasteiger partial charge < -0.3 is 4.74 Å². The number of ether oxygens (including phenoxy) is 1. The smallest absolute Gasteiger partial charge is 0.281 e. The van der Waals surface area contributed by atoms with E-state index in [1.807, 2.05) is 38.1 Å². The van der Waals surface area contributed by atoms with Gasteiger partial charge in [0.1, 0.15) is 5.75 Å². The first kappa shape index (κ1) is 15.5. The van der Waals surface area contributed by atoms with Crippen molar-refractivity contribution in [2.75, 3.05) is 13.2 Å². The lowest BCUT2D eigenvalue weighted by Gasteiger charge is -2.13. The number of carbonyl (C=O) groups excluding carboxylic acids is 1. The van der Waals surface area contributed by atoms with E-state index < -0.39 is 0 Å². The average molecular weight is 265 g/mol. The van der Waals surface area contributed by atoms with Crippen LogP contribution in [0.2, 0.25) is 0 Å². The zero-order valence-corrected chi connectivity index (χ0v) is 12.1. The second kappa shape index (κ2) is 7.79. The molecule has 4 heteroatoms. The minimum absolute atomic E-state index is 0.0399. The second-order valence-electron chi connectivity index (χ2n) is 5.21. The quantitative estimate of drug-likeness (QED) is 0.771. The van der Waals surface area contributed by atoms with Crippen molar-refractivity contribution >= 4 is 5.91 Å².